The minimum Gasteiger partial charge on any atom is -0.490 e. The number of allylic oxidation sites excluding steroid dienone is 4. The van der Waals surface area contributed by atoms with E-state index in [1.165, 1.54) is 6.07 Å². The molecule has 0 bridgehead atoms. The molecule has 0 aliphatic carbocycles. The SMILES string of the molecule is C/C=N\N1C=CC(Oc2ccc(NC(=N/C=C/CCC)c3c(C)ccc([N+]4=CCNCC4)c3OC)c(F)c2)=C/C1=C(\C)CC. The first-order chi connectivity index (χ1) is 21.4. The fourth-order valence-corrected chi connectivity index (χ4v) is 4.90. The Morgan fingerprint density at radius 2 is 2.07 bits per heavy atom. The van der Waals surface area contributed by atoms with Crippen molar-refractivity contribution in [2.75, 3.05) is 32.1 Å². The van der Waals surface area contributed by atoms with E-state index in [0.29, 0.717) is 23.1 Å². The lowest BCUT2D eigenvalue weighted by Crippen LogP contribution is -2.33. The second-order valence-electron chi connectivity index (χ2n) is 10.5. The molecule has 0 radical (unpaired) electrons. The summed E-state index contributed by atoms with van der Waals surface area (Å²) in [5.41, 5.74) is 5.05. The van der Waals surface area contributed by atoms with Gasteiger partial charge in [0.15, 0.2) is 12.8 Å². The maximum absolute atomic E-state index is 15.7. The highest BCUT2D eigenvalue weighted by Gasteiger charge is 2.25. The molecule has 0 unspecified atom stereocenters. The van der Waals surface area contributed by atoms with Crippen molar-refractivity contribution in [3.8, 4) is 11.5 Å². The van der Waals surface area contributed by atoms with Gasteiger partial charge in [-0.2, -0.15) is 9.68 Å². The van der Waals surface area contributed by atoms with Gasteiger partial charge in [-0.15, -0.1) is 0 Å². The monoisotopic (exact) mass is 599 g/mol. The number of aliphatic imine (C=N–C) groups is 1. The van der Waals surface area contributed by atoms with E-state index in [2.05, 4.69) is 53.4 Å². The fraction of sp³-hybridized carbons (Fsp3) is 0.343. The van der Waals surface area contributed by atoms with Crippen molar-refractivity contribution in [1.29, 1.82) is 0 Å². The van der Waals surface area contributed by atoms with E-state index in [1.54, 1.807) is 36.7 Å². The first-order valence-corrected chi connectivity index (χ1v) is 15.2. The molecule has 0 saturated carbocycles. The molecule has 2 aromatic rings. The number of halogens is 1. The van der Waals surface area contributed by atoms with Gasteiger partial charge in [0.25, 0.3) is 0 Å². The lowest BCUT2D eigenvalue weighted by Gasteiger charge is -2.23. The number of rotatable bonds is 11. The third-order valence-electron chi connectivity index (χ3n) is 7.39. The second kappa shape index (κ2) is 15.8. The lowest BCUT2D eigenvalue weighted by atomic mass is 10.0. The van der Waals surface area contributed by atoms with Gasteiger partial charge < -0.3 is 20.1 Å². The van der Waals surface area contributed by atoms with Gasteiger partial charge in [-0.25, -0.2) is 14.4 Å². The van der Waals surface area contributed by atoms with Crippen LogP contribution in [0, 0.1) is 12.7 Å². The van der Waals surface area contributed by atoms with E-state index in [9.17, 15) is 0 Å². The van der Waals surface area contributed by atoms with E-state index in [0.717, 1.165) is 67.0 Å². The molecule has 9 heteroatoms. The summed E-state index contributed by atoms with van der Waals surface area (Å²) in [6.45, 7) is 12.6. The van der Waals surface area contributed by atoms with Crippen LogP contribution in [0.3, 0.4) is 0 Å². The molecule has 2 N–H and O–H groups in total. The molecule has 0 fully saturated rings. The lowest BCUT2D eigenvalue weighted by molar-refractivity contribution is -0.439. The van der Waals surface area contributed by atoms with Crippen LogP contribution in [0.5, 0.6) is 11.5 Å². The normalized spacial score (nSPS) is 16.8. The maximum Gasteiger partial charge on any atom is 0.248 e. The number of hydrogen-bond donors (Lipinski definition) is 2. The van der Waals surface area contributed by atoms with Crippen LogP contribution >= 0.6 is 0 Å². The van der Waals surface area contributed by atoms with Gasteiger partial charge >= 0.3 is 0 Å². The van der Waals surface area contributed by atoms with Crippen LogP contribution in [0.1, 0.15) is 58.1 Å². The number of benzene rings is 2. The Bertz CT molecular complexity index is 1550. The summed E-state index contributed by atoms with van der Waals surface area (Å²) in [4.78, 5) is 4.76. The zero-order chi connectivity index (χ0) is 31.5. The van der Waals surface area contributed by atoms with Gasteiger partial charge in [0.1, 0.15) is 23.2 Å². The van der Waals surface area contributed by atoms with Crippen molar-refractivity contribution >= 4 is 29.6 Å². The molecular weight excluding hydrogens is 555 g/mol. The first kappa shape index (κ1) is 32.4. The molecule has 2 aliphatic rings. The molecule has 2 heterocycles. The third kappa shape index (κ3) is 7.90. The number of ether oxygens (including phenoxy) is 2. The van der Waals surface area contributed by atoms with Gasteiger partial charge in [-0.1, -0.05) is 32.4 Å². The van der Waals surface area contributed by atoms with E-state index in [1.807, 2.05) is 44.3 Å². The molecule has 44 heavy (non-hydrogen) atoms. The molecule has 0 aromatic heterocycles. The molecular formula is C35H44FN6O2+. The van der Waals surface area contributed by atoms with Crippen molar-refractivity contribution < 1.29 is 18.4 Å². The van der Waals surface area contributed by atoms with Crippen LogP contribution in [-0.2, 0) is 0 Å². The number of nitrogens with one attached hydrogen (secondary N) is 2. The van der Waals surface area contributed by atoms with E-state index >= 15 is 4.39 Å². The molecule has 2 aromatic carbocycles. The van der Waals surface area contributed by atoms with Crippen LogP contribution < -0.4 is 20.1 Å². The predicted molar refractivity (Wildman–Crippen MR) is 179 cm³/mol. The molecule has 8 nitrogen and oxygen atoms in total. The summed E-state index contributed by atoms with van der Waals surface area (Å²) in [7, 11) is 1.66. The standard InChI is InChI=1S/C35H44FN6O2/c1-7-10-11-17-38-35(33-26(5)12-15-31(34(33)43-6)41-21-18-37-19-22-41)40-30-14-13-27(23-29(30)36)44-28-16-20-42(39-9-3)32(24-28)25(4)8-2/h9,11-17,20-21,23-24,37H,7-8,10,18-19,22H2,1-6H3,(H,38,40)/q+1/b17-11+,32-25-,39-9-. The van der Waals surface area contributed by atoms with Crippen LogP contribution in [0.15, 0.2) is 88.1 Å². The van der Waals surface area contributed by atoms with E-state index in [-0.39, 0.29) is 5.69 Å². The highest BCUT2D eigenvalue weighted by Crippen LogP contribution is 2.35. The van der Waals surface area contributed by atoms with Crippen LogP contribution in [-0.4, -0.2) is 54.6 Å². The Hall–Kier alpha value is -4.50. The van der Waals surface area contributed by atoms with Crippen LogP contribution in [0.2, 0.25) is 0 Å². The summed E-state index contributed by atoms with van der Waals surface area (Å²) < 4.78 is 29.9. The molecule has 0 spiro atoms. The van der Waals surface area contributed by atoms with Gasteiger partial charge in [-0.05, 0) is 63.0 Å². The number of unbranched alkanes of at least 4 members (excludes halogenated alkanes) is 1. The van der Waals surface area contributed by atoms with Gasteiger partial charge in [0.05, 0.1) is 37.1 Å². The summed E-state index contributed by atoms with van der Waals surface area (Å²) in [5.74, 6) is 1.70. The van der Waals surface area contributed by atoms with Gasteiger partial charge in [-0.3, -0.25) is 0 Å². The van der Waals surface area contributed by atoms with Crippen molar-refractivity contribution in [2.24, 2.45) is 10.1 Å². The van der Waals surface area contributed by atoms with Crippen LogP contribution in [0.25, 0.3) is 0 Å². The van der Waals surface area contributed by atoms with Crippen molar-refractivity contribution in [2.45, 2.75) is 53.9 Å². The predicted octanol–water partition coefficient (Wildman–Crippen LogP) is 7.41. The topological polar surface area (TPSA) is 73.5 Å². The average molecular weight is 600 g/mol. The summed E-state index contributed by atoms with van der Waals surface area (Å²) >= 11 is 0. The number of hydrazone groups is 1. The van der Waals surface area contributed by atoms with Crippen molar-refractivity contribution in [3.05, 3.63) is 94.9 Å². The average Bonchev–Trinajstić information content (AvgIpc) is 3.04. The summed E-state index contributed by atoms with van der Waals surface area (Å²) in [5, 5.41) is 12.8. The fourth-order valence-electron chi connectivity index (χ4n) is 4.90. The van der Waals surface area contributed by atoms with Crippen LogP contribution in [0.4, 0.5) is 15.8 Å². The zero-order valence-electron chi connectivity index (χ0n) is 26.7. The summed E-state index contributed by atoms with van der Waals surface area (Å²) in [6, 6.07) is 8.89. The molecule has 0 saturated heterocycles. The number of aryl methyl sites for hydroxylation is 1. The Morgan fingerprint density at radius 1 is 1.23 bits per heavy atom. The number of anilines is 1. The quantitative estimate of drug-likeness (QED) is 0.160. The minimum atomic E-state index is -0.464. The third-order valence-corrected chi connectivity index (χ3v) is 7.39. The van der Waals surface area contributed by atoms with E-state index < -0.39 is 5.82 Å². The minimum absolute atomic E-state index is 0.277. The number of hydrogen-bond acceptors (Lipinski definition) is 6. The number of methoxy groups -OCH3 is 1. The molecule has 0 atom stereocenters. The summed E-state index contributed by atoms with van der Waals surface area (Å²) in [6.07, 6.45) is 16.0. The highest BCUT2D eigenvalue weighted by atomic mass is 19.1. The first-order valence-electron chi connectivity index (χ1n) is 15.2. The Kier molecular flexibility index (Phi) is 11.7. The largest absolute Gasteiger partial charge is 0.490 e. The van der Waals surface area contributed by atoms with Gasteiger partial charge in [0, 0.05) is 36.8 Å². The zero-order valence-corrected chi connectivity index (χ0v) is 26.7. The molecule has 4 rings (SSSR count). The Morgan fingerprint density at radius 3 is 2.75 bits per heavy atom. The molecule has 2 aliphatic heterocycles. The van der Waals surface area contributed by atoms with Crippen molar-refractivity contribution in [3.63, 3.8) is 0 Å². The Balaban J connectivity index is 1.66. The van der Waals surface area contributed by atoms with Crippen molar-refractivity contribution in [1.82, 2.24) is 10.3 Å². The molecule has 232 valence electrons. The second-order valence-corrected chi connectivity index (χ2v) is 10.5. The Labute approximate surface area is 260 Å². The maximum atomic E-state index is 15.7. The van der Waals surface area contributed by atoms with E-state index in [4.69, 9.17) is 14.5 Å². The van der Waals surface area contributed by atoms with Gasteiger partial charge in [0.2, 0.25) is 11.4 Å². The number of nitrogens with zero attached hydrogens (tertiary/aromatic N) is 4. The highest BCUT2D eigenvalue weighted by molar-refractivity contribution is 6.12. The molecule has 0 amide bonds. The smallest absolute Gasteiger partial charge is 0.248 e. The number of amidine groups is 1.